The van der Waals surface area contributed by atoms with E-state index in [0.29, 0.717) is 63.7 Å². The topological polar surface area (TPSA) is 121 Å². The van der Waals surface area contributed by atoms with Crippen LogP contribution in [0.15, 0.2) is 30.1 Å². The van der Waals surface area contributed by atoms with Gasteiger partial charge in [-0.25, -0.2) is 0 Å². The highest BCUT2D eigenvalue weighted by Gasteiger charge is 2.32. The van der Waals surface area contributed by atoms with Crippen molar-refractivity contribution in [2.45, 2.75) is 125 Å². The van der Waals surface area contributed by atoms with Gasteiger partial charge < -0.3 is 24.2 Å². The molecular weight excluding hydrogens is 496 g/mol. The fraction of sp³-hybridized carbons (Fsp3) is 0.625. The number of allylic oxidation sites excluding steroid dienone is 1. The monoisotopic (exact) mass is 544 g/mol. The van der Waals surface area contributed by atoms with Gasteiger partial charge in [-0.2, -0.15) is 0 Å². The molecule has 7 nitrogen and oxygen atoms in total. The van der Waals surface area contributed by atoms with Crippen molar-refractivity contribution in [1.29, 1.82) is 0 Å². The van der Waals surface area contributed by atoms with E-state index < -0.39 is 30.1 Å². The van der Waals surface area contributed by atoms with E-state index >= 15 is 0 Å². The van der Waals surface area contributed by atoms with Gasteiger partial charge in [-0.05, 0) is 46.6 Å². The molecule has 39 heavy (non-hydrogen) atoms. The zero-order valence-corrected chi connectivity index (χ0v) is 25.5. The molecule has 0 bridgehead atoms. The lowest BCUT2D eigenvalue weighted by atomic mass is 9.83. The normalized spacial score (nSPS) is 17.8. The molecular formula is C32H48O7. The number of aliphatic hydroxyl groups excluding tert-OH is 3. The third kappa shape index (κ3) is 6.64. The van der Waals surface area contributed by atoms with Crippen LogP contribution in [0, 0.1) is 33.6 Å². The summed E-state index contributed by atoms with van der Waals surface area (Å²) in [7, 11) is 0. The molecule has 0 aliphatic carbocycles. The van der Waals surface area contributed by atoms with Crippen LogP contribution in [0.4, 0.5) is 0 Å². The molecule has 3 N–H and O–H groups in total. The van der Waals surface area contributed by atoms with Crippen LogP contribution in [0.3, 0.4) is 0 Å². The van der Waals surface area contributed by atoms with Gasteiger partial charge in [0, 0.05) is 52.3 Å². The van der Waals surface area contributed by atoms with Gasteiger partial charge in [0.05, 0.1) is 18.3 Å². The van der Waals surface area contributed by atoms with Crippen molar-refractivity contribution in [3.8, 4) is 0 Å². The van der Waals surface area contributed by atoms with Gasteiger partial charge in [0.15, 0.2) is 10.9 Å². The second-order valence-corrected chi connectivity index (χ2v) is 11.3. The average molecular weight is 545 g/mol. The van der Waals surface area contributed by atoms with Gasteiger partial charge in [-0.15, -0.1) is 0 Å². The van der Waals surface area contributed by atoms with Gasteiger partial charge in [-0.1, -0.05) is 47.6 Å². The minimum atomic E-state index is -0.981. The molecule has 0 aliphatic rings. The predicted octanol–water partition coefficient (Wildman–Crippen LogP) is 5.47. The molecule has 2 rings (SSSR count). The molecule has 0 saturated carbocycles. The maximum Gasteiger partial charge on any atom is 0.191 e. The van der Waals surface area contributed by atoms with Crippen molar-refractivity contribution >= 4 is 0 Å². The molecule has 0 aromatic carbocycles. The zero-order chi connectivity index (χ0) is 29.9. The predicted molar refractivity (Wildman–Crippen MR) is 155 cm³/mol. The minimum Gasteiger partial charge on any atom is -0.465 e. The molecule has 0 unspecified atom stereocenters. The van der Waals surface area contributed by atoms with Crippen molar-refractivity contribution < 1.29 is 24.2 Å². The maximum absolute atomic E-state index is 13.0. The second-order valence-electron chi connectivity index (χ2n) is 11.3. The summed E-state index contributed by atoms with van der Waals surface area (Å²) < 4.78 is 12.3. The Kier molecular flexibility index (Phi) is 11.1. The van der Waals surface area contributed by atoms with Crippen molar-refractivity contribution in [1.82, 2.24) is 0 Å². The molecule has 2 heterocycles. The van der Waals surface area contributed by atoms with Crippen LogP contribution in [0.5, 0.6) is 0 Å². The summed E-state index contributed by atoms with van der Waals surface area (Å²) in [6.07, 6.45) is 0.368. The highest BCUT2D eigenvalue weighted by Crippen LogP contribution is 2.32. The molecule has 0 aliphatic heterocycles. The van der Waals surface area contributed by atoms with Gasteiger partial charge in [0.2, 0.25) is 0 Å². The van der Waals surface area contributed by atoms with E-state index in [2.05, 4.69) is 0 Å². The molecule has 2 aromatic rings. The van der Waals surface area contributed by atoms with Crippen molar-refractivity contribution in [2.24, 2.45) is 5.92 Å². The minimum absolute atomic E-state index is 0.0830. The zero-order valence-electron chi connectivity index (χ0n) is 25.5. The van der Waals surface area contributed by atoms with E-state index in [0.717, 1.165) is 0 Å². The van der Waals surface area contributed by atoms with Crippen molar-refractivity contribution in [3.63, 3.8) is 0 Å². The van der Waals surface area contributed by atoms with Crippen LogP contribution < -0.4 is 10.9 Å². The summed E-state index contributed by atoms with van der Waals surface area (Å²) >= 11 is 0. The summed E-state index contributed by atoms with van der Waals surface area (Å²) in [6, 6.07) is 0. The van der Waals surface area contributed by atoms with Crippen molar-refractivity contribution in [2.75, 3.05) is 0 Å². The third-order valence-corrected chi connectivity index (χ3v) is 8.43. The lowest BCUT2D eigenvalue weighted by Gasteiger charge is -2.30. The maximum atomic E-state index is 13.0. The van der Waals surface area contributed by atoms with Crippen LogP contribution in [0.1, 0.15) is 118 Å². The molecule has 7 heteroatoms. The number of aliphatic hydroxyl groups is 3. The Morgan fingerprint density at radius 2 is 1.26 bits per heavy atom. The lowest BCUT2D eigenvalue weighted by molar-refractivity contribution is 0.0216. The summed E-state index contributed by atoms with van der Waals surface area (Å²) in [5, 5.41) is 32.8. The average Bonchev–Trinajstić information content (AvgIpc) is 2.92. The Balaban J connectivity index is 2.38. The first kappa shape index (κ1) is 32.7. The Morgan fingerprint density at radius 1 is 0.769 bits per heavy atom. The first-order valence-corrected chi connectivity index (χ1v) is 14.1. The van der Waals surface area contributed by atoms with Gasteiger partial charge in [0.25, 0.3) is 0 Å². The van der Waals surface area contributed by atoms with Gasteiger partial charge in [-0.3, -0.25) is 9.59 Å². The number of hydrogen-bond donors (Lipinski definition) is 3. The summed E-state index contributed by atoms with van der Waals surface area (Å²) in [5.74, 6) is 0.278. The highest BCUT2D eigenvalue weighted by molar-refractivity contribution is 5.32. The third-order valence-electron chi connectivity index (χ3n) is 8.43. The van der Waals surface area contributed by atoms with E-state index in [-0.39, 0.29) is 22.7 Å². The molecule has 0 radical (unpaired) electrons. The van der Waals surface area contributed by atoms with E-state index in [9.17, 15) is 24.9 Å². The summed E-state index contributed by atoms with van der Waals surface area (Å²) in [4.78, 5) is 25.7. The van der Waals surface area contributed by atoms with Crippen LogP contribution in [-0.4, -0.2) is 33.6 Å². The summed E-state index contributed by atoms with van der Waals surface area (Å²) in [5.41, 5.74) is 2.49. The summed E-state index contributed by atoms with van der Waals surface area (Å²) in [6.45, 7) is 19.8. The Bertz CT molecular complexity index is 1300. The fourth-order valence-electron chi connectivity index (χ4n) is 5.53. The smallest absolute Gasteiger partial charge is 0.191 e. The number of hydrogen-bond acceptors (Lipinski definition) is 7. The van der Waals surface area contributed by atoms with Crippen LogP contribution in [0.25, 0.3) is 0 Å². The lowest BCUT2D eigenvalue weighted by Crippen LogP contribution is -2.35. The molecule has 0 fully saturated rings. The molecule has 0 saturated heterocycles. The fourth-order valence-corrected chi connectivity index (χ4v) is 5.53. The largest absolute Gasteiger partial charge is 0.465 e. The Morgan fingerprint density at radius 3 is 1.77 bits per heavy atom. The van der Waals surface area contributed by atoms with Crippen LogP contribution in [0.2, 0.25) is 0 Å². The number of aryl methyl sites for hydroxylation is 1. The van der Waals surface area contributed by atoms with Gasteiger partial charge in [0.1, 0.15) is 23.0 Å². The van der Waals surface area contributed by atoms with Gasteiger partial charge >= 0.3 is 0 Å². The van der Waals surface area contributed by atoms with Crippen LogP contribution >= 0.6 is 0 Å². The van der Waals surface area contributed by atoms with E-state index in [4.69, 9.17) is 8.83 Å². The standard InChI is InChI=1S/C32H48O7/c1-12-24(33)17(5)31-23(11)29(37)20(8)30(39-31)16(4)14-15(3)26(34)19(7)28(36)22(10)32-21(9)27(35)18(6)25(13-2)38-32/h14,16-17,19,22,24,26,28,33-34,36H,12-13H2,1-11H3/b15-14+/t16-,17+,19-,22+,24-,26-,28+/m1/s1. The second kappa shape index (κ2) is 13.2. The molecule has 7 atom stereocenters. The highest BCUT2D eigenvalue weighted by atomic mass is 16.3. The first-order valence-electron chi connectivity index (χ1n) is 14.1. The van der Waals surface area contributed by atoms with Crippen LogP contribution in [-0.2, 0) is 6.42 Å². The van der Waals surface area contributed by atoms with E-state index in [1.54, 1.807) is 48.5 Å². The Hall–Kier alpha value is -2.48. The first-order chi connectivity index (χ1) is 18.1. The molecule has 218 valence electrons. The van der Waals surface area contributed by atoms with E-state index in [1.165, 1.54) is 0 Å². The van der Waals surface area contributed by atoms with E-state index in [1.807, 2.05) is 33.8 Å². The quantitative estimate of drug-likeness (QED) is 0.321. The SMILES string of the molecule is CCc1oc([C@@H](C)[C@@H](O)[C@H](C)[C@H](O)/C(C)=C/[C@@H](C)c2oc([C@@H](C)[C@H](O)CC)c(C)c(=O)c2C)c(C)c(=O)c1C. The van der Waals surface area contributed by atoms with Crippen molar-refractivity contribution in [3.05, 3.63) is 77.4 Å². The molecule has 0 amide bonds. The molecule has 2 aromatic heterocycles. The number of rotatable bonds is 11. The Labute approximate surface area is 232 Å². The molecule has 0 spiro atoms.